The van der Waals surface area contributed by atoms with E-state index in [-0.39, 0.29) is 0 Å². The lowest BCUT2D eigenvalue weighted by atomic mass is 10.1. The number of aromatic nitrogens is 2. The highest BCUT2D eigenvalue weighted by atomic mass is 32.1. The van der Waals surface area contributed by atoms with Crippen LogP contribution in [0, 0.1) is 0 Å². The fourth-order valence-electron chi connectivity index (χ4n) is 1.77. The largest absolute Gasteiger partial charge is 0.366 e. The van der Waals surface area contributed by atoms with Crippen LogP contribution < -0.4 is 0 Å². The summed E-state index contributed by atoms with van der Waals surface area (Å²) in [6, 6.07) is 8.27. The van der Waals surface area contributed by atoms with Gasteiger partial charge >= 0.3 is 0 Å². The summed E-state index contributed by atoms with van der Waals surface area (Å²) < 4.78 is 0. The van der Waals surface area contributed by atoms with Crippen LogP contribution in [0.5, 0.6) is 0 Å². The molecule has 0 aliphatic rings. The van der Waals surface area contributed by atoms with E-state index in [4.69, 9.17) is 0 Å². The van der Waals surface area contributed by atoms with E-state index >= 15 is 0 Å². The molecule has 1 N–H and O–H groups in total. The van der Waals surface area contributed by atoms with Gasteiger partial charge in [-0.05, 0) is 29.1 Å². The van der Waals surface area contributed by atoms with E-state index in [9.17, 15) is 0 Å². The molecule has 16 heavy (non-hydrogen) atoms. The molecule has 0 fully saturated rings. The fraction of sp³-hybridized carbons (Fsp3) is 0. The number of rotatable bonds is 2. The Balaban J connectivity index is 2.14. The minimum atomic E-state index is 1.19. The maximum absolute atomic E-state index is 4.04. The molecule has 0 radical (unpaired) electrons. The molecule has 0 aliphatic carbocycles. The van der Waals surface area contributed by atoms with Crippen LogP contribution in [0.25, 0.3) is 21.6 Å². The zero-order valence-electron chi connectivity index (χ0n) is 8.55. The average molecular weight is 226 g/mol. The number of thiophene rings is 1. The van der Waals surface area contributed by atoms with Crippen LogP contribution in [-0.2, 0) is 0 Å². The highest BCUT2D eigenvalue weighted by molar-refractivity contribution is 7.13. The van der Waals surface area contributed by atoms with Crippen molar-refractivity contribution in [1.82, 2.24) is 9.97 Å². The van der Waals surface area contributed by atoms with Crippen molar-refractivity contribution in [2.45, 2.75) is 0 Å². The molecule has 0 amide bonds. The number of nitrogens with zero attached hydrogens (tertiary/aromatic N) is 1. The molecule has 3 aromatic rings. The third-order valence-corrected chi connectivity index (χ3v) is 3.43. The molecule has 3 aromatic heterocycles. The summed E-state index contributed by atoms with van der Waals surface area (Å²) in [5.41, 5.74) is 3.67. The Kier molecular flexibility index (Phi) is 2.31. The second-order valence-corrected chi connectivity index (χ2v) is 4.44. The number of nitrogens with one attached hydrogen (secondary N) is 1. The quantitative estimate of drug-likeness (QED) is 0.707. The average Bonchev–Trinajstić information content (AvgIpc) is 3.01. The normalized spacial score (nSPS) is 10.5. The number of hydrogen-bond acceptors (Lipinski definition) is 2. The minimum absolute atomic E-state index is 1.19. The molecule has 0 saturated carbocycles. The molecule has 3 heteroatoms. The van der Waals surface area contributed by atoms with Crippen molar-refractivity contribution in [3.05, 3.63) is 54.4 Å². The molecule has 0 aliphatic heterocycles. The highest BCUT2D eigenvalue weighted by Gasteiger charge is 2.08. The van der Waals surface area contributed by atoms with Crippen LogP contribution >= 0.6 is 11.3 Å². The number of pyridine rings is 1. The molecule has 3 rings (SSSR count). The Morgan fingerprint density at radius 2 is 1.81 bits per heavy atom. The van der Waals surface area contributed by atoms with Gasteiger partial charge in [-0.3, -0.25) is 4.98 Å². The predicted octanol–water partition coefficient (Wildman–Crippen LogP) is 3.81. The second-order valence-electron chi connectivity index (χ2n) is 3.50. The van der Waals surface area contributed by atoms with Gasteiger partial charge in [0.15, 0.2) is 0 Å². The molecular formula is C13H10N2S. The fourth-order valence-corrected chi connectivity index (χ4v) is 2.53. The summed E-state index contributed by atoms with van der Waals surface area (Å²) in [5.74, 6) is 0. The van der Waals surface area contributed by atoms with E-state index in [1.54, 1.807) is 11.3 Å². The van der Waals surface area contributed by atoms with E-state index in [2.05, 4.69) is 27.5 Å². The van der Waals surface area contributed by atoms with Crippen LogP contribution in [0.4, 0.5) is 0 Å². The van der Waals surface area contributed by atoms with Crippen LogP contribution in [0.15, 0.2) is 54.4 Å². The molecule has 2 nitrogen and oxygen atoms in total. The first kappa shape index (κ1) is 9.36. The molecular weight excluding hydrogens is 216 g/mol. The van der Waals surface area contributed by atoms with Gasteiger partial charge in [-0.2, -0.15) is 0 Å². The Hall–Kier alpha value is -1.87. The molecule has 78 valence electrons. The van der Waals surface area contributed by atoms with Gasteiger partial charge in [0.05, 0.1) is 0 Å². The smallest absolute Gasteiger partial charge is 0.0364 e. The summed E-state index contributed by atoms with van der Waals surface area (Å²) in [6.45, 7) is 0. The third kappa shape index (κ3) is 1.55. The summed E-state index contributed by atoms with van der Waals surface area (Å²) >= 11 is 1.75. The van der Waals surface area contributed by atoms with Gasteiger partial charge in [-0.25, -0.2) is 0 Å². The van der Waals surface area contributed by atoms with Gasteiger partial charge in [-0.15, -0.1) is 11.3 Å². The molecule has 0 spiro atoms. The topological polar surface area (TPSA) is 28.7 Å². The van der Waals surface area contributed by atoms with Gasteiger partial charge in [0.25, 0.3) is 0 Å². The zero-order chi connectivity index (χ0) is 10.8. The maximum Gasteiger partial charge on any atom is 0.0364 e. The van der Waals surface area contributed by atoms with Gasteiger partial charge in [-0.1, -0.05) is 6.07 Å². The lowest BCUT2D eigenvalue weighted by Crippen LogP contribution is -1.77. The first-order chi connectivity index (χ1) is 7.95. The molecule has 0 aromatic carbocycles. The van der Waals surface area contributed by atoms with E-state index in [1.807, 2.05) is 36.9 Å². The lowest BCUT2D eigenvalue weighted by molar-refractivity contribution is 1.33. The van der Waals surface area contributed by atoms with Gasteiger partial charge in [0.2, 0.25) is 0 Å². The van der Waals surface area contributed by atoms with E-state index < -0.39 is 0 Å². The number of hydrogen-bond donors (Lipinski definition) is 1. The van der Waals surface area contributed by atoms with E-state index in [0.29, 0.717) is 0 Å². The van der Waals surface area contributed by atoms with E-state index in [0.717, 1.165) is 0 Å². The standard InChI is InChI=1S/C13H10N2S/c1-2-13(16-7-1)12-9-15-8-11(12)10-3-5-14-6-4-10/h1-9,15H. The van der Waals surface area contributed by atoms with Crippen molar-refractivity contribution in [3.8, 4) is 21.6 Å². The van der Waals surface area contributed by atoms with Crippen LogP contribution in [0.2, 0.25) is 0 Å². The minimum Gasteiger partial charge on any atom is -0.366 e. The van der Waals surface area contributed by atoms with Gasteiger partial charge in [0.1, 0.15) is 0 Å². The zero-order valence-corrected chi connectivity index (χ0v) is 9.37. The van der Waals surface area contributed by atoms with Crippen molar-refractivity contribution >= 4 is 11.3 Å². The summed E-state index contributed by atoms with van der Waals surface area (Å²) in [6.07, 6.45) is 7.72. The lowest BCUT2D eigenvalue weighted by Gasteiger charge is -2.01. The highest BCUT2D eigenvalue weighted by Crippen LogP contribution is 2.33. The van der Waals surface area contributed by atoms with Crippen molar-refractivity contribution < 1.29 is 0 Å². The Morgan fingerprint density at radius 1 is 1.00 bits per heavy atom. The van der Waals surface area contributed by atoms with E-state index in [1.165, 1.54) is 21.6 Å². The van der Waals surface area contributed by atoms with Gasteiger partial charge < -0.3 is 4.98 Å². The Bertz CT molecular complexity index is 567. The van der Waals surface area contributed by atoms with Crippen molar-refractivity contribution in [1.29, 1.82) is 0 Å². The van der Waals surface area contributed by atoms with Crippen molar-refractivity contribution in [3.63, 3.8) is 0 Å². The molecule has 0 unspecified atom stereocenters. The second kappa shape index (κ2) is 3.94. The van der Waals surface area contributed by atoms with Gasteiger partial charge in [0, 0.05) is 40.8 Å². The summed E-state index contributed by atoms with van der Waals surface area (Å²) in [4.78, 5) is 8.50. The monoisotopic (exact) mass is 226 g/mol. The Labute approximate surface area is 97.6 Å². The molecule has 3 heterocycles. The maximum atomic E-state index is 4.04. The van der Waals surface area contributed by atoms with Crippen molar-refractivity contribution in [2.24, 2.45) is 0 Å². The molecule has 0 saturated heterocycles. The first-order valence-corrected chi connectivity index (χ1v) is 5.94. The van der Waals surface area contributed by atoms with Crippen LogP contribution in [-0.4, -0.2) is 9.97 Å². The predicted molar refractivity (Wildman–Crippen MR) is 67.3 cm³/mol. The number of aromatic amines is 1. The third-order valence-electron chi connectivity index (χ3n) is 2.52. The Morgan fingerprint density at radius 3 is 2.56 bits per heavy atom. The summed E-state index contributed by atoms with van der Waals surface area (Å²) in [5, 5.41) is 2.10. The van der Waals surface area contributed by atoms with Crippen LogP contribution in [0.1, 0.15) is 0 Å². The SMILES string of the molecule is c1csc(-c2c[nH]cc2-c2ccncc2)c1. The van der Waals surface area contributed by atoms with Crippen LogP contribution in [0.3, 0.4) is 0 Å². The molecule has 0 bridgehead atoms. The molecule has 0 atom stereocenters. The summed E-state index contributed by atoms with van der Waals surface area (Å²) in [7, 11) is 0. The van der Waals surface area contributed by atoms with Crippen molar-refractivity contribution in [2.75, 3.05) is 0 Å². The first-order valence-electron chi connectivity index (χ1n) is 5.06. The number of H-pyrrole nitrogens is 1.